The van der Waals surface area contributed by atoms with E-state index >= 15 is 0 Å². The highest BCUT2D eigenvalue weighted by molar-refractivity contribution is 5.82. The average Bonchev–Trinajstić information content (AvgIpc) is 3.11. The first kappa shape index (κ1) is 18.5. The maximum Gasteiger partial charge on any atom is 0.240 e. The Labute approximate surface area is 162 Å². The summed E-state index contributed by atoms with van der Waals surface area (Å²) >= 11 is 0. The Morgan fingerprint density at radius 2 is 1.85 bits per heavy atom. The van der Waals surface area contributed by atoms with Crippen molar-refractivity contribution >= 4 is 11.8 Å². The lowest BCUT2D eigenvalue weighted by molar-refractivity contribution is -0.139. The van der Waals surface area contributed by atoms with Crippen molar-refractivity contribution < 1.29 is 9.59 Å². The average molecular weight is 370 g/mol. The molecule has 27 heavy (non-hydrogen) atoms. The van der Waals surface area contributed by atoms with Gasteiger partial charge in [-0.2, -0.15) is 0 Å². The molecular formula is C22H31N3O2. The second kappa shape index (κ2) is 8.01. The number of likely N-dealkylation sites (N-methyl/N-ethyl adjacent to an activating group) is 1. The number of nitrogens with zero attached hydrogens (tertiary/aromatic N) is 3. The van der Waals surface area contributed by atoms with E-state index in [-0.39, 0.29) is 6.04 Å². The van der Waals surface area contributed by atoms with Gasteiger partial charge in [-0.15, -0.1) is 0 Å². The third-order valence-electron chi connectivity index (χ3n) is 6.61. The summed E-state index contributed by atoms with van der Waals surface area (Å²) in [6.07, 6.45) is 4.58. The molecule has 1 aromatic rings. The second-order valence-corrected chi connectivity index (χ2v) is 8.26. The Morgan fingerprint density at radius 1 is 1.11 bits per heavy atom. The minimum atomic E-state index is -0.0263. The maximum atomic E-state index is 13.3. The van der Waals surface area contributed by atoms with Gasteiger partial charge in [0.25, 0.3) is 0 Å². The summed E-state index contributed by atoms with van der Waals surface area (Å²) in [7, 11) is 0. The van der Waals surface area contributed by atoms with Crippen LogP contribution >= 0.6 is 0 Å². The smallest absolute Gasteiger partial charge is 0.240 e. The van der Waals surface area contributed by atoms with Crippen LogP contribution in [0.25, 0.3) is 0 Å². The minimum absolute atomic E-state index is 0.0263. The summed E-state index contributed by atoms with van der Waals surface area (Å²) < 4.78 is 0. The molecule has 3 aliphatic heterocycles. The fourth-order valence-corrected chi connectivity index (χ4v) is 4.91. The maximum absolute atomic E-state index is 13.3. The molecule has 0 bridgehead atoms. The van der Waals surface area contributed by atoms with E-state index in [0.29, 0.717) is 24.2 Å². The fraction of sp³-hybridized carbons (Fsp3) is 0.636. The van der Waals surface area contributed by atoms with Gasteiger partial charge in [-0.1, -0.05) is 31.2 Å². The quantitative estimate of drug-likeness (QED) is 0.818. The summed E-state index contributed by atoms with van der Waals surface area (Å²) in [5.74, 6) is 1.15. The molecule has 1 unspecified atom stereocenters. The summed E-state index contributed by atoms with van der Waals surface area (Å²) in [4.78, 5) is 31.5. The molecule has 5 nitrogen and oxygen atoms in total. The molecule has 0 aromatic heterocycles. The largest absolute Gasteiger partial charge is 0.342 e. The van der Waals surface area contributed by atoms with Gasteiger partial charge in [-0.3, -0.25) is 14.5 Å². The molecule has 2 fully saturated rings. The van der Waals surface area contributed by atoms with Crippen molar-refractivity contribution in [2.75, 3.05) is 32.7 Å². The summed E-state index contributed by atoms with van der Waals surface area (Å²) in [6.45, 7) is 7.40. The van der Waals surface area contributed by atoms with Gasteiger partial charge in [0.05, 0.1) is 6.04 Å². The van der Waals surface area contributed by atoms with Crippen molar-refractivity contribution in [2.45, 2.75) is 51.6 Å². The molecule has 1 aromatic carbocycles. The Morgan fingerprint density at radius 3 is 2.52 bits per heavy atom. The van der Waals surface area contributed by atoms with Gasteiger partial charge in [0, 0.05) is 39.1 Å². The molecule has 5 heteroatoms. The number of carbonyl (C=O) groups is 2. The van der Waals surface area contributed by atoms with Crippen LogP contribution in [0.4, 0.5) is 0 Å². The van der Waals surface area contributed by atoms with Crippen LogP contribution in [-0.2, 0) is 22.6 Å². The van der Waals surface area contributed by atoms with Crippen molar-refractivity contribution in [1.82, 2.24) is 14.7 Å². The van der Waals surface area contributed by atoms with Crippen LogP contribution in [0.1, 0.15) is 43.7 Å². The molecule has 4 rings (SSSR count). The molecule has 0 aliphatic carbocycles. The van der Waals surface area contributed by atoms with Crippen LogP contribution in [0.2, 0.25) is 0 Å². The standard InChI is InChI=1S/C22H31N3O2/c1-2-23-16-19-7-4-3-6-18(19)14-20(23)22(27)24-12-9-17(10-13-24)15-25-11-5-8-21(25)26/h3-4,6-7,17,20H,2,5,8-16H2,1H3. The zero-order valence-corrected chi connectivity index (χ0v) is 16.4. The number of hydrogen-bond donors (Lipinski definition) is 0. The van der Waals surface area contributed by atoms with Crippen LogP contribution in [0, 0.1) is 5.92 Å². The number of amides is 2. The minimum Gasteiger partial charge on any atom is -0.342 e. The van der Waals surface area contributed by atoms with E-state index in [1.165, 1.54) is 11.1 Å². The van der Waals surface area contributed by atoms with Crippen molar-refractivity contribution in [2.24, 2.45) is 5.92 Å². The van der Waals surface area contributed by atoms with Crippen LogP contribution < -0.4 is 0 Å². The Bertz CT molecular complexity index is 697. The van der Waals surface area contributed by atoms with E-state index in [2.05, 4.69) is 41.0 Å². The lowest BCUT2D eigenvalue weighted by Crippen LogP contribution is -2.53. The van der Waals surface area contributed by atoms with E-state index in [1.54, 1.807) is 0 Å². The van der Waals surface area contributed by atoms with Gasteiger partial charge in [-0.05, 0) is 49.3 Å². The molecule has 1 atom stereocenters. The number of benzene rings is 1. The molecule has 0 N–H and O–H groups in total. The van der Waals surface area contributed by atoms with E-state index in [0.717, 1.165) is 65.0 Å². The van der Waals surface area contributed by atoms with Gasteiger partial charge >= 0.3 is 0 Å². The molecule has 3 aliphatic rings. The molecule has 2 amide bonds. The molecule has 0 radical (unpaired) electrons. The second-order valence-electron chi connectivity index (χ2n) is 8.26. The van der Waals surface area contributed by atoms with Crippen molar-refractivity contribution in [3.05, 3.63) is 35.4 Å². The van der Waals surface area contributed by atoms with Gasteiger partial charge < -0.3 is 9.80 Å². The van der Waals surface area contributed by atoms with Gasteiger partial charge in [-0.25, -0.2) is 0 Å². The van der Waals surface area contributed by atoms with Crippen LogP contribution in [0.5, 0.6) is 0 Å². The van der Waals surface area contributed by atoms with E-state index in [1.807, 2.05) is 4.90 Å². The molecule has 0 spiro atoms. The predicted molar refractivity (Wildman–Crippen MR) is 105 cm³/mol. The van der Waals surface area contributed by atoms with E-state index in [4.69, 9.17) is 0 Å². The molecule has 0 saturated carbocycles. The van der Waals surface area contributed by atoms with E-state index < -0.39 is 0 Å². The zero-order chi connectivity index (χ0) is 18.8. The number of piperidine rings is 1. The fourth-order valence-electron chi connectivity index (χ4n) is 4.91. The van der Waals surface area contributed by atoms with E-state index in [9.17, 15) is 9.59 Å². The topological polar surface area (TPSA) is 43.9 Å². The highest BCUT2D eigenvalue weighted by atomic mass is 16.2. The van der Waals surface area contributed by atoms with Crippen LogP contribution in [-0.4, -0.2) is 65.3 Å². The normalized spacial score (nSPS) is 24.3. The molecular weight excluding hydrogens is 338 g/mol. The Balaban J connectivity index is 1.35. The number of carbonyl (C=O) groups excluding carboxylic acids is 2. The third kappa shape index (κ3) is 3.88. The summed E-state index contributed by atoms with van der Waals surface area (Å²) in [6, 6.07) is 8.49. The van der Waals surface area contributed by atoms with Crippen LogP contribution in [0.3, 0.4) is 0 Å². The van der Waals surface area contributed by atoms with Crippen molar-refractivity contribution in [3.8, 4) is 0 Å². The van der Waals surface area contributed by atoms with Gasteiger partial charge in [0.15, 0.2) is 0 Å². The molecule has 146 valence electrons. The van der Waals surface area contributed by atoms with Gasteiger partial charge in [0.1, 0.15) is 0 Å². The lowest BCUT2D eigenvalue weighted by atomic mass is 9.91. The monoisotopic (exact) mass is 369 g/mol. The highest BCUT2D eigenvalue weighted by Gasteiger charge is 2.35. The van der Waals surface area contributed by atoms with Crippen molar-refractivity contribution in [3.63, 3.8) is 0 Å². The number of fused-ring (bicyclic) bond motifs is 1. The van der Waals surface area contributed by atoms with Gasteiger partial charge in [0.2, 0.25) is 11.8 Å². The Kier molecular flexibility index (Phi) is 5.48. The third-order valence-corrected chi connectivity index (χ3v) is 6.61. The molecule has 3 heterocycles. The Hall–Kier alpha value is -1.88. The zero-order valence-electron chi connectivity index (χ0n) is 16.4. The molecule has 2 saturated heterocycles. The first-order valence-corrected chi connectivity index (χ1v) is 10.5. The lowest BCUT2D eigenvalue weighted by Gasteiger charge is -2.40. The first-order valence-electron chi connectivity index (χ1n) is 10.5. The van der Waals surface area contributed by atoms with Crippen LogP contribution in [0.15, 0.2) is 24.3 Å². The summed E-state index contributed by atoms with van der Waals surface area (Å²) in [5, 5.41) is 0. The highest BCUT2D eigenvalue weighted by Crippen LogP contribution is 2.27. The predicted octanol–water partition coefficient (Wildman–Crippen LogP) is 2.29. The van der Waals surface area contributed by atoms with Crippen molar-refractivity contribution in [1.29, 1.82) is 0 Å². The number of hydrogen-bond acceptors (Lipinski definition) is 3. The first-order chi connectivity index (χ1) is 13.2. The number of rotatable bonds is 4. The SMILES string of the molecule is CCN1Cc2ccccc2CC1C(=O)N1CCC(CN2CCCC2=O)CC1. The number of likely N-dealkylation sites (tertiary alicyclic amines) is 2. The summed E-state index contributed by atoms with van der Waals surface area (Å²) in [5.41, 5.74) is 2.68.